The Bertz CT molecular complexity index is 635. The maximum absolute atomic E-state index is 12.4. The van der Waals surface area contributed by atoms with Gasteiger partial charge in [-0.25, -0.2) is 4.79 Å². The molecule has 24 heavy (non-hydrogen) atoms. The van der Waals surface area contributed by atoms with Crippen molar-refractivity contribution in [3.63, 3.8) is 0 Å². The first-order chi connectivity index (χ1) is 11.6. The third-order valence-electron chi connectivity index (χ3n) is 4.93. The number of carboxylic acid groups (broad SMARTS) is 1. The van der Waals surface area contributed by atoms with Gasteiger partial charge in [-0.05, 0) is 30.5 Å². The molecule has 1 saturated heterocycles. The fourth-order valence-electron chi connectivity index (χ4n) is 3.55. The number of carboxylic acids is 1. The van der Waals surface area contributed by atoms with Crippen LogP contribution in [0.25, 0.3) is 0 Å². The van der Waals surface area contributed by atoms with Crippen molar-refractivity contribution in [1.82, 2.24) is 9.80 Å². The topological polar surface area (TPSA) is 77.9 Å². The Morgan fingerprint density at radius 3 is 2.29 bits per heavy atom. The van der Waals surface area contributed by atoms with Crippen LogP contribution in [0.4, 0.5) is 0 Å². The average Bonchev–Trinajstić information content (AvgIpc) is 2.60. The first-order valence-corrected chi connectivity index (χ1v) is 8.48. The molecule has 6 heteroatoms. The van der Waals surface area contributed by atoms with Gasteiger partial charge < -0.3 is 14.9 Å². The van der Waals surface area contributed by atoms with E-state index in [-0.39, 0.29) is 11.6 Å². The Kier molecular flexibility index (Phi) is 4.83. The van der Waals surface area contributed by atoms with Gasteiger partial charge in [-0.3, -0.25) is 9.59 Å². The molecule has 1 heterocycles. The van der Waals surface area contributed by atoms with Crippen molar-refractivity contribution in [3.8, 4) is 0 Å². The van der Waals surface area contributed by atoms with Crippen molar-refractivity contribution in [3.05, 3.63) is 35.4 Å². The number of carbonyl (C=O) groups excluding carboxylic acids is 2. The Morgan fingerprint density at radius 1 is 1.00 bits per heavy atom. The lowest BCUT2D eigenvalue weighted by molar-refractivity contribution is -0.158. The van der Waals surface area contributed by atoms with Gasteiger partial charge in [0.2, 0.25) is 0 Å². The molecule has 0 spiro atoms. The highest BCUT2D eigenvalue weighted by molar-refractivity contribution is 6.35. The summed E-state index contributed by atoms with van der Waals surface area (Å²) in [6, 6.07) is 6.63. The summed E-state index contributed by atoms with van der Waals surface area (Å²) >= 11 is 0. The summed E-state index contributed by atoms with van der Waals surface area (Å²) < 4.78 is 0. The highest BCUT2D eigenvalue weighted by Gasteiger charge is 2.36. The number of benzene rings is 1. The normalized spacial score (nSPS) is 19.7. The van der Waals surface area contributed by atoms with Crippen molar-refractivity contribution in [2.24, 2.45) is 0 Å². The predicted octanol–water partition coefficient (Wildman–Crippen LogP) is 1.89. The second kappa shape index (κ2) is 7.03. The molecule has 0 unspecified atom stereocenters. The number of aromatic carboxylic acids is 1. The van der Waals surface area contributed by atoms with Crippen molar-refractivity contribution >= 4 is 17.8 Å². The van der Waals surface area contributed by atoms with Crippen LogP contribution in [-0.2, 0) is 16.1 Å². The van der Waals surface area contributed by atoms with Crippen LogP contribution in [0.2, 0.25) is 0 Å². The minimum atomic E-state index is -0.978. The van der Waals surface area contributed by atoms with E-state index >= 15 is 0 Å². The number of carbonyl (C=O) groups is 3. The number of piperazine rings is 1. The summed E-state index contributed by atoms with van der Waals surface area (Å²) in [5.41, 5.74) is 1.04. The lowest BCUT2D eigenvalue weighted by Gasteiger charge is -2.40. The molecule has 0 atom stereocenters. The third kappa shape index (κ3) is 3.42. The number of hydrogen-bond acceptors (Lipinski definition) is 3. The van der Waals surface area contributed by atoms with Gasteiger partial charge in [0.15, 0.2) is 0 Å². The van der Waals surface area contributed by atoms with E-state index in [1.54, 1.807) is 21.9 Å². The minimum absolute atomic E-state index is 0.211. The molecule has 2 amide bonds. The monoisotopic (exact) mass is 330 g/mol. The van der Waals surface area contributed by atoms with Crippen molar-refractivity contribution in [2.75, 3.05) is 13.1 Å². The molecule has 1 N–H and O–H groups in total. The number of nitrogens with zero attached hydrogens (tertiary/aromatic N) is 2. The summed E-state index contributed by atoms with van der Waals surface area (Å²) in [4.78, 5) is 39.0. The van der Waals surface area contributed by atoms with Crippen LogP contribution in [0.1, 0.15) is 48.0 Å². The molecular formula is C18H22N2O4. The van der Waals surface area contributed by atoms with E-state index in [1.165, 1.54) is 18.6 Å². The first kappa shape index (κ1) is 16.5. The lowest BCUT2D eigenvalue weighted by Crippen LogP contribution is -2.57. The third-order valence-corrected chi connectivity index (χ3v) is 4.93. The van der Waals surface area contributed by atoms with Crippen molar-refractivity contribution in [1.29, 1.82) is 0 Å². The van der Waals surface area contributed by atoms with Crippen molar-refractivity contribution in [2.45, 2.75) is 44.7 Å². The smallest absolute Gasteiger partial charge is 0.335 e. The standard InChI is InChI=1S/C18H22N2O4/c21-16-17(22)20(15-4-2-1-3-5-15)11-10-19(16)12-13-6-8-14(9-7-13)18(23)24/h6-9,15H,1-5,10-12H2,(H,23,24). The Balaban J connectivity index is 1.63. The molecule has 2 fully saturated rings. The molecule has 1 aliphatic heterocycles. The van der Waals surface area contributed by atoms with Gasteiger partial charge in [0.1, 0.15) is 0 Å². The van der Waals surface area contributed by atoms with Gasteiger partial charge in [0.25, 0.3) is 0 Å². The summed E-state index contributed by atoms with van der Waals surface area (Å²) in [6.45, 7) is 1.45. The molecule has 2 aliphatic rings. The molecule has 128 valence electrons. The molecule has 1 aliphatic carbocycles. The number of amides is 2. The van der Waals surface area contributed by atoms with Crippen LogP contribution in [0.15, 0.2) is 24.3 Å². The van der Waals surface area contributed by atoms with Crippen LogP contribution in [0.3, 0.4) is 0 Å². The van der Waals surface area contributed by atoms with E-state index in [0.29, 0.717) is 19.6 Å². The van der Waals surface area contributed by atoms with E-state index in [9.17, 15) is 14.4 Å². The molecule has 0 radical (unpaired) electrons. The van der Waals surface area contributed by atoms with Gasteiger partial charge in [-0.1, -0.05) is 31.4 Å². The molecule has 0 bridgehead atoms. The molecule has 1 saturated carbocycles. The molecule has 0 aromatic heterocycles. The van der Waals surface area contributed by atoms with E-state index in [0.717, 1.165) is 31.2 Å². The molecular weight excluding hydrogens is 308 g/mol. The lowest BCUT2D eigenvalue weighted by atomic mass is 9.93. The summed E-state index contributed by atoms with van der Waals surface area (Å²) in [5, 5.41) is 8.91. The van der Waals surface area contributed by atoms with Gasteiger partial charge in [-0.2, -0.15) is 0 Å². The molecule has 3 rings (SSSR count). The number of hydrogen-bond donors (Lipinski definition) is 1. The van der Waals surface area contributed by atoms with Gasteiger partial charge >= 0.3 is 17.8 Å². The van der Waals surface area contributed by atoms with Crippen LogP contribution >= 0.6 is 0 Å². The van der Waals surface area contributed by atoms with Gasteiger partial charge in [0.05, 0.1) is 5.56 Å². The number of rotatable bonds is 4. The zero-order chi connectivity index (χ0) is 17.1. The highest BCUT2D eigenvalue weighted by atomic mass is 16.4. The van der Waals surface area contributed by atoms with Crippen LogP contribution in [0, 0.1) is 0 Å². The van der Waals surface area contributed by atoms with Crippen molar-refractivity contribution < 1.29 is 19.5 Å². The molecule has 6 nitrogen and oxygen atoms in total. The fraction of sp³-hybridized carbons (Fsp3) is 0.500. The molecule has 1 aromatic carbocycles. The minimum Gasteiger partial charge on any atom is -0.478 e. The first-order valence-electron chi connectivity index (χ1n) is 8.48. The maximum atomic E-state index is 12.4. The van der Waals surface area contributed by atoms with Crippen LogP contribution in [-0.4, -0.2) is 51.8 Å². The van der Waals surface area contributed by atoms with Gasteiger partial charge in [-0.15, -0.1) is 0 Å². The predicted molar refractivity (Wildman–Crippen MR) is 87.4 cm³/mol. The second-order valence-electron chi connectivity index (χ2n) is 6.52. The Morgan fingerprint density at radius 2 is 1.67 bits per heavy atom. The van der Waals surface area contributed by atoms with E-state index in [1.807, 2.05) is 0 Å². The zero-order valence-corrected chi connectivity index (χ0v) is 13.6. The highest BCUT2D eigenvalue weighted by Crippen LogP contribution is 2.24. The quantitative estimate of drug-likeness (QED) is 0.855. The zero-order valence-electron chi connectivity index (χ0n) is 13.6. The molecule has 1 aromatic rings. The Hall–Kier alpha value is -2.37. The van der Waals surface area contributed by atoms with Crippen LogP contribution < -0.4 is 0 Å². The van der Waals surface area contributed by atoms with E-state index in [4.69, 9.17) is 5.11 Å². The largest absolute Gasteiger partial charge is 0.478 e. The maximum Gasteiger partial charge on any atom is 0.335 e. The Labute approximate surface area is 141 Å². The van der Waals surface area contributed by atoms with Gasteiger partial charge in [0, 0.05) is 25.7 Å². The van der Waals surface area contributed by atoms with E-state index < -0.39 is 17.8 Å². The average molecular weight is 330 g/mol. The van der Waals surface area contributed by atoms with E-state index in [2.05, 4.69) is 0 Å². The summed E-state index contributed by atoms with van der Waals surface area (Å²) in [7, 11) is 0. The summed E-state index contributed by atoms with van der Waals surface area (Å²) in [6.07, 6.45) is 5.46. The SMILES string of the molecule is O=C(O)c1ccc(CN2CCN(C3CCCCC3)C(=O)C2=O)cc1. The summed E-state index contributed by atoms with van der Waals surface area (Å²) in [5.74, 6) is -1.82. The fourth-order valence-corrected chi connectivity index (χ4v) is 3.55. The second-order valence-corrected chi connectivity index (χ2v) is 6.52. The van der Waals surface area contributed by atoms with Crippen LogP contribution in [0.5, 0.6) is 0 Å².